The van der Waals surface area contributed by atoms with E-state index in [2.05, 4.69) is 16.8 Å². The number of rotatable bonds is 4. The maximum absolute atomic E-state index is 13.7. The van der Waals surface area contributed by atoms with Crippen LogP contribution in [0.1, 0.15) is 30.9 Å². The molecule has 2 heterocycles. The van der Waals surface area contributed by atoms with Crippen LogP contribution in [0.4, 0.5) is 5.69 Å². The van der Waals surface area contributed by atoms with E-state index in [0.717, 1.165) is 53.6 Å². The summed E-state index contributed by atoms with van der Waals surface area (Å²) in [4.78, 5) is 7.29. The van der Waals surface area contributed by atoms with E-state index in [4.69, 9.17) is 4.74 Å². The molecule has 30 heavy (non-hydrogen) atoms. The summed E-state index contributed by atoms with van der Waals surface area (Å²) in [6, 6.07) is 10.9. The smallest absolute Gasteiger partial charge is 0.210 e. The summed E-state index contributed by atoms with van der Waals surface area (Å²) in [5.74, 6) is 1.20. The fourth-order valence-corrected chi connectivity index (χ4v) is 5.71. The number of nitrogens with zero attached hydrogens (tertiary/aromatic N) is 2. The van der Waals surface area contributed by atoms with Crippen LogP contribution in [-0.4, -0.2) is 33.6 Å². The van der Waals surface area contributed by atoms with Crippen molar-refractivity contribution in [2.45, 2.75) is 43.4 Å². The van der Waals surface area contributed by atoms with Gasteiger partial charge in [0.05, 0.1) is 23.2 Å². The Morgan fingerprint density at radius 2 is 1.90 bits per heavy atom. The molecule has 0 amide bonds. The minimum atomic E-state index is -3.73. The molecule has 1 atom stereocenters. The zero-order chi connectivity index (χ0) is 21.5. The molecule has 1 saturated heterocycles. The van der Waals surface area contributed by atoms with E-state index in [1.165, 1.54) is 6.20 Å². The van der Waals surface area contributed by atoms with E-state index < -0.39 is 9.84 Å². The zero-order valence-corrected chi connectivity index (χ0v) is 18.8. The first-order valence-corrected chi connectivity index (χ1v) is 11.8. The molecule has 0 N–H and O–H groups in total. The van der Waals surface area contributed by atoms with Gasteiger partial charge in [0.1, 0.15) is 10.6 Å². The fraction of sp³-hybridized carbons (Fsp3) is 0.375. The van der Waals surface area contributed by atoms with Crippen LogP contribution in [0.2, 0.25) is 0 Å². The lowest BCUT2D eigenvalue weighted by Gasteiger charge is -2.34. The van der Waals surface area contributed by atoms with Gasteiger partial charge in [-0.05, 0) is 74.1 Å². The van der Waals surface area contributed by atoms with E-state index in [-0.39, 0.29) is 4.90 Å². The molecule has 0 saturated carbocycles. The van der Waals surface area contributed by atoms with Gasteiger partial charge in [-0.15, -0.1) is 0 Å². The Morgan fingerprint density at radius 1 is 1.10 bits per heavy atom. The van der Waals surface area contributed by atoms with Gasteiger partial charge in [0, 0.05) is 24.7 Å². The number of aromatic nitrogens is 1. The van der Waals surface area contributed by atoms with Crippen molar-refractivity contribution in [3.63, 3.8) is 0 Å². The standard InChI is InChI=1S/C24H28N2O3S/c1-16-6-5-11-26(15-16)24-21-13-19(29-4)8-10-22(21)25-14-23(24)30(27,28)20-9-7-17(2)18(3)12-20/h7-10,12-14,16H,5-6,11,15H2,1-4H3. The quantitative estimate of drug-likeness (QED) is 0.594. The predicted octanol–water partition coefficient (Wildman–Crippen LogP) is 4.93. The lowest BCUT2D eigenvalue weighted by Crippen LogP contribution is -2.35. The molecule has 5 nitrogen and oxygen atoms in total. The average Bonchev–Trinajstić information content (AvgIpc) is 2.74. The van der Waals surface area contributed by atoms with Crippen molar-refractivity contribution in [3.8, 4) is 5.75 Å². The summed E-state index contributed by atoms with van der Waals surface area (Å²) >= 11 is 0. The molecule has 3 aromatic rings. The molecule has 1 aromatic heterocycles. The van der Waals surface area contributed by atoms with E-state index in [9.17, 15) is 8.42 Å². The molecule has 1 fully saturated rings. The number of sulfone groups is 1. The first-order chi connectivity index (χ1) is 14.3. The first kappa shape index (κ1) is 20.7. The lowest BCUT2D eigenvalue weighted by molar-refractivity contribution is 0.415. The van der Waals surface area contributed by atoms with Crippen molar-refractivity contribution in [3.05, 3.63) is 53.7 Å². The largest absolute Gasteiger partial charge is 0.497 e. The third-order valence-corrected chi connectivity index (χ3v) is 7.82. The van der Waals surface area contributed by atoms with E-state index in [1.807, 2.05) is 38.1 Å². The van der Waals surface area contributed by atoms with Crippen molar-refractivity contribution < 1.29 is 13.2 Å². The molecule has 0 aliphatic carbocycles. The van der Waals surface area contributed by atoms with Crippen molar-refractivity contribution in [1.29, 1.82) is 0 Å². The van der Waals surface area contributed by atoms with Crippen molar-refractivity contribution in [2.75, 3.05) is 25.1 Å². The second-order valence-electron chi connectivity index (χ2n) is 8.30. The van der Waals surface area contributed by atoms with E-state index in [1.54, 1.807) is 19.2 Å². The van der Waals surface area contributed by atoms with Gasteiger partial charge in [-0.2, -0.15) is 0 Å². The summed E-state index contributed by atoms with van der Waals surface area (Å²) < 4.78 is 32.9. The summed E-state index contributed by atoms with van der Waals surface area (Å²) in [7, 11) is -2.11. The van der Waals surface area contributed by atoms with Crippen LogP contribution in [0.25, 0.3) is 10.9 Å². The Morgan fingerprint density at radius 3 is 2.60 bits per heavy atom. The maximum Gasteiger partial charge on any atom is 0.210 e. The highest BCUT2D eigenvalue weighted by molar-refractivity contribution is 7.91. The molecule has 0 bridgehead atoms. The number of aryl methyl sites for hydroxylation is 2. The van der Waals surface area contributed by atoms with Crippen LogP contribution in [-0.2, 0) is 9.84 Å². The van der Waals surface area contributed by atoms with Crippen LogP contribution in [0.15, 0.2) is 52.4 Å². The van der Waals surface area contributed by atoms with Gasteiger partial charge >= 0.3 is 0 Å². The second-order valence-corrected chi connectivity index (χ2v) is 10.2. The van der Waals surface area contributed by atoms with Gasteiger partial charge in [-0.25, -0.2) is 8.42 Å². The van der Waals surface area contributed by atoms with Gasteiger partial charge in [0.2, 0.25) is 9.84 Å². The van der Waals surface area contributed by atoms with Crippen LogP contribution < -0.4 is 9.64 Å². The highest BCUT2D eigenvalue weighted by atomic mass is 32.2. The van der Waals surface area contributed by atoms with E-state index >= 15 is 0 Å². The summed E-state index contributed by atoms with van der Waals surface area (Å²) in [5.41, 5.74) is 3.53. The first-order valence-electron chi connectivity index (χ1n) is 10.4. The van der Waals surface area contributed by atoms with Gasteiger partial charge in [0.15, 0.2) is 0 Å². The highest BCUT2D eigenvalue weighted by Gasteiger charge is 2.29. The highest BCUT2D eigenvalue weighted by Crippen LogP contribution is 2.39. The number of hydrogen-bond acceptors (Lipinski definition) is 5. The topological polar surface area (TPSA) is 59.5 Å². The summed E-state index contributed by atoms with van der Waals surface area (Å²) in [6.07, 6.45) is 3.72. The molecule has 158 valence electrons. The maximum atomic E-state index is 13.7. The second kappa shape index (κ2) is 7.91. The Balaban J connectivity index is 1.98. The number of fused-ring (bicyclic) bond motifs is 1. The SMILES string of the molecule is COc1ccc2ncc(S(=O)(=O)c3ccc(C)c(C)c3)c(N3CCCC(C)C3)c2c1. The van der Waals surface area contributed by atoms with Crippen molar-refractivity contribution >= 4 is 26.4 Å². The van der Waals surface area contributed by atoms with E-state index in [0.29, 0.717) is 16.6 Å². The molecular formula is C24H28N2O3S. The summed E-state index contributed by atoms with van der Waals surface area (Å²) in [5, 5.41) is 0.813. The number of methoxy groups -OCH3 is 1. The Labute approximate surface area is 178 Å². The number of ether oxygens (including phenoxy) is 1. The molecular weight excluding hydrogens is 396 g/mol. The predicted molar refractivity (Wildman–Crippen MR) is 120 cm³/mol. The van der Waals surface area contributed by atoms with Gasteiger partial charge < -0.3 is 9.64 Å². The van der Waals surface area contributed by atoms with Crippen LogP contribution in [0.5, 0.6) is 5.75 Å². The van der Waals surface area contributed by atoms with Crippen LogP contribution >= 0.6 is 0 Å². The van der Waals surface area contributed by atoms with Gasteiger partial charge in [0.25, 0.3) is 0 Å². The molecule has 0 spiro atoms. The molecule has 6 heteroatoms. The molecule has 1 unspecified atom stereocenters. The molecule has 2 aromatic carbocycles. The third-order valence-electron chi connectivity index (χ3n) is 6.06. The number of hydrogen-bond donors (Lipinski definition) is 0. The molecule has 4 rings (SSSR count). The number of anilines is 1. The van der Waals surface area contributed by atoms with Gasteiger partial charge in [-0.1, -0.05) is 13.0 Å². The molecule has 1 aliphatic heterocycles. The average molecular weight is 425 g/mol. The number of benzene rings is 2. The zero-order valence-electron chi connectivity index (χ0n) is 18.0. The van der Waals surface area contributed by atoms with Gasteiger partial charge in [-0.3, -0.25) is 4.98 Å². The van der Waals surface area contributed by atoms with Crippen molar-refractivity contribution in [1.82, 2.24) is 4.98 Å². The third kappa shape index (κ3) is 3.65. The van der Waals surface area contributed by atoms with Crippen molar-refractivity contribution in [2.24, 2.45) is 5.92 Å². The lowest BCUT2D eigenvalue weighted by atomic mass is 9.99. The Kier molecular flexibility index (Phi) is 5.45. The molecule has 1 aliphatic rings. The fourth-order valence-electron chi connectivity index (χ4n) is 4.19. The Hall–Kier alpha value is -2.60. The molecule has 0 radical (unpaired) electrons. The Bertz CT molecular complexity index is 1200. The monoisotopic (exact) mass is 424 g/mol. The minimum absolute atomic E-state index is 0.264. The minimum Gasteiger partial charge on any atom is -0.497 e. The number of piperidine rings is 1. The summed E-state index contributed by atoms with van der Waals surface area (Å²) in [6.45, 7) is 7.79. The van der Waals surface area contributed by atoms with Crippen LogP contribution in [0, 0.1) is 19.8 Å². The normalized spacial score (nSPS) is 17.3. The number of pyridine rings is 1. The van der Waals surface area contributed by atoms with Crippen LogP contribution in [0.3, 0.4) is 0 Å².